The Morgan fingerprint density at radius 2 is 1.74 bits per heavy atom. The molecule has 3 aromatic carbocycles. The van der Waals surface area contributed by atoms with Gasteiger partial charge in [-0.3, -0.25) is 4.98 Å². The van der Waals surface area contributed by atoms with E-state index in [9.17, 15) is 0 Å². The predicted molar refractivity (Wildman–Crippen MR) is 134 cm³/mol. The maximum absolute atomic E-state index is 9.06. The number of fused-ring (bicyclic) bond motifs is 3. The Morgan fingerprint density at radius 1 is 0.871 bits per heavy atom. The van der Waals surface area contributed by atoms with Crippen molar-refractivity contribution in [1.82, 2.24) is 4.98 Å². The van der Waals surface area contributed by atoms with E-state index < -0.39 is 5.89 Å². The molecule has 0 saturated heterocycles. The van der Waals surface area contributed by atoms with Crippen molar-refractivity contribution in [2.75, 3.05) is 0 Å². The third-order valence-corrected chi connectivity index (χ3v) is 7.39. The van der Waals surface area contributed by atoms with Crippen LogP contribution in [0.1, 0.15) is 51.8 Å². The molecule has 0 amide bonds. The van der Waals surface area contributed by atoms with Gasteiger partial charge < -0.3 is 0 Å². The molecule has 0 bridgehead atoms. The van der Waals surface area contributed by atoms with Crippen molar-refractivity contribution in [3.8, 4) is 22.4 Å². The van der Waals surface area contributed by atoms with Crippen LogP contribution in [0.3, 0.4) is 0 Å². The third-order valence-electron chi connectivity index (χ3n) is 6.19. The van der Waals surface area contributed by atoms with Gasteiger partial charge in [-0.1, -0.05) is 79.8 Å². The van der Waals surface area contributed by atoms with E-state index in [1.165, 1.54) is 6.42 Å². The van der Waals surface area contributed by atoms with Crippen LogP contribution in [0.15, 0.2) is 84.9 Å². The fourth-order valence-electron chi connectivity index (χ4n) is 4.61. The lowest BCUT2D eigenvalue weighted by Crippen LogP contribution is -2.04. The van der Waals surface area contributed by atoms with Crippen molar-refractivity contribution < 1.29 is 8.22 Å². The molecule has 1 nitrogen and oxygen atoms in total. The van der Waals surface area contributed by atoms with Crippen molar-refractivity contribution in [3.05, 3.63) is 90.5 Å². The normalized spacial score (nSPS) is 18.7. The Labute approximate surface area is 195 Å². The Bertz CT molecular complexity index is 1660. The SMILES string of the molecule is [2H]c1c([2H])c([2H])c(-c2ccc3c(c2)sc2c(-c4cc(C5([2H])CCCCC5)ccn4)cccc23)c([2H])c1[2H]. The van der Waals surface area contributed by atoms with E-state index in [1.54, 1.807) is 11.3 Å². The van der Waals surface area contributed by atoms with Crippen molar-refractivity contribution in [2.24, 2.45) is 0 Å². The average Bonchev–Trinajstić information content (AvgIpc) is 3.29. The van der Waals surface area contributed by atoms with Crippen LogP contribution in [-0.2, 0) is 0 Å². The van der Waals surface area contributed by atoms with Gasteiger partial charge in [0.15, 0.2) is 0 Å². The largest absolute Gasteiger partial charge is 0.256 e. The van der Waals surface area contributed by atoms with E-state index in [4.69, 9.17) is 8.22 Å². The van der Waals surface area contributed by atoms with E-state index in [1.807, 2.05) is 36.5 Å². The first-order chi connectivity index (χ1) is 17.8. The number of hydrogen-bond donors (Lipinski definition) is 0. The quantitative estimate of drug-likeness (QED) is 0.281. The summed E-state index contributed by atoms with van der Waals surface area (Å²) in [5, 5.41) is 2.15. The number of nitrogens with zero attached hydrogens (tertiary/aromatic N) is 1. The lowest BCUT2D eigenvalue weighted by atomic mass is 9.84. The molecule has 0 radical (unpaired) electrons. The van der Waals surface area contributed by atoms with Crippen LogP contribution in [0.4, 0.5) is 0 Å². The first-order valence-corrected chi connectivity index (χ1v) is 11.6. The monoisotopic (exact) mass is 425 g/mol. The summed E-state index contributed by atoms with van der Waals surface area (Å²) in [7, 11) is 0. The average molecular weight is 426 g/mol. The second-order valence-corrected chi connectivity index (χ2v) is 9.14. The summed E-state index contributed by atoms with van der Waals surface area (Å²) in [6.07, 6.45) is 6.95. The van der Waals surface area contributed by atoms with Crippen LogP contribution >= 0.6 is 11.3 Å². The van der Waals surface area contributed by atoms with Gasteiger partial charge in [-0.05, 0) is 53.6 Å². The summed E-state index contributed by atoms with van der Waals surface area (Å²) < 4.78 is 51.8. The second kappa shape index (κ2) is 7.94. The van der Waals surface area contributed by atoms with Crippen LogP contribution in [0.25, 0.3) is 42.6 Å². The van der Waals surface area contributed by atoms with Gasteiger partial charge in [-0.25, -0.2) is 0 Å². The minimum absolute atomic E-state index is 0.194. The van der Waals surface area contributed by atoms with Crippen LogP contribution in [-0.4, -0.2) is 4.98 Å². The van der Waals surface area contributed by atoms with Gasteiger partial charge in [0.2, 0.25) is 0 Å². The van der Waals surface area contributed by atoms with E-state index in [-0.39, 0.29) is 35.8 Å². The minimum atomic E-state index is -0.553. The highest BCUT2D eigenvalue weighted by Crippen LogP contribution is 2.41. The summed E-state index contributed by atoms with van der Waals surface area (Å²) in [6, 6.07) is 14.5. The summed E-state index contributed by atoms with van der Waals surface area (Å²) in [4.78, 5) is 4.69. The van der Waals surface area contributed by atoms with Gasteiger partial charge in [0, 0.05) is 33.3 Å². The molecule has 1 saturated carbocycles. The van der Waals surface area contributed by atoms with Gasteiger partial charge in [0.1, 0.15) is 0 Å². The number of aromatic nitrogens is 1. The Hall–Kier alpha value is -2.97. The van der Waals surface area contributed by atoms with Crippen molar-refractivity contribution in [2.45, 2.75) is 38.0 Å². The topological polar surface area (TPSA) is 12.9 Å². The van der Waals surface area contributed by atoms with E-state index in [0.717, 1.165) is 62.7 Å². The molecule has 1 aliphatic rings. The fourth-order valence-corrected chi connectivity index (χ4v) is 5.88. The predicted octanol–water partition coefficient (Wildman–Crippen LogP) is 8.83. The molecule has 152 valence electrons. The number of rotatable bonds is 3. The van der Waals surface area contributed by atoms with Gasteiger partial charge in [0.05, 0.1) is 12.5 Å². The zero-order chi connectivity index (χ0) is 25.9. The van der Waals surface area contributed by atoms with E-state index >= 15 is 0 Å². The molecule has 0 spiro atoms. The summed E-state index contributed by atoms with van der Waals surface area (Å²) >= 11 is 1.62. The number of pyridine rings is 1. The maximum atomic E-state index is 9.06. The highest BCUT2D eigenvalue weighted by Gasteiger charge is 2.17. The minimum Gasteiger partial charge on any atom is -0.256 e. The van der Waals surface area contributed by atoms with Crippen molar-refractivity contribution in [1.29, 1.82) is 0 Å². The molecule has 2 heteroatoms. The molecule has 31 heavy (non-hydrogen) atoms. The Morgan fingerprint density at radius 3 is 2.61 bits per heavy atom. The molecule has 0 unspecified atom stereocenters. The molecule has 1 fully saturated rings. The van der Waals surface area contributed by atoms with Crippen molar-refractivity contribution in [3.63, 3.8) is 0 Å². The van der Waals surface area contributed by atoms with Gasteiger partial charge in [-0.15, -0.1) is 11.3 Å². The standard InChI is InChI=1S/C29H25NS/c1-3-8-20(9-4-1)22-14-15-24-25-12-7-13-26(29(25)31-28(24)19-22)27-18-23(16-17-30-27)21-10-5-2-6-11-21/h1,3-4,7-9,12-19,21H,2,5-6,10-11H2/i1D,3D,4D,8D,9D,21D. The zero-order valence-corrected chi connectivity index (χ0v) is 17.9. The molecule has 2 heterocycles. The van der Waals surface area contributed by atoms with E-state index in [0.29, 0.717) is 5.56 Å². The molecular formula is C29H25NS. The third kappa shape index (κ3) is 3.45. The molecule has 0 N–H and O–H groups in total. The molecule has 0 atom stereocenters. The molecule has 1 aliphatic carbocycles. The number of benzene rings is 3. The number of thiophene rings is 1. The molecule has 2 aromatic heterocycles. The van der Waals surface area contributed by atoms with Crippen LogP contribution in [0.5, 0.6) is 0 Å². The first-order valence-electron chi connectivity index (χ1n) is 13.8. The fraction of sp³-hybridized carbons (Fsp3) is 0.207. The van der Waals surface area contributed by atoms with Crippen LogP contribution < -0.4 is 0 Å². The molecular weight excluding hydrogens is 394 g/mol. The second-order valence-electron chi connectivity index (χ2n) is 8.09. The molecule has 0 aliphatic heterocycles. The highest BCUT2D eigenvalue weighted by molar-refractivity contribution is 7.26. The highest BCUT2D eigenvalue weighted by atomic mass is 32.1. The zero-order valence-electron chi connectivity index (χ0n) is 23.1. The summed E-state index contributed by atoms with van der Waals surface area (Å²) in [6.45, 7) is 0. The van der Waals surface area contributed by atoms with Crippen molar-refractivity contribution >= 4 is 31.5 Å². The maximum Gasteiger partial charge on any atom is 0.0719 e. The van der Waals surface area contributed by atoms with E-state index in [2.05, 4.69) is 23.2 Å². The summed E-state index contributed by atoms with van der Waals surface area (Å²) in [5.74, 6) is -0.553. The first kappa shape index (κ1) is 13.4. The lowest BCUT2D eigenvalue weighted by Gasteiger charge is -2.22. The summed E-state index contributed by atoms with van der Waals surface area (Å²) in [5.41, 5.74) is 3.72. The van der Waals surface area contributed by atoms with Crippen LogP contribution in [0, 0.1) is 0 Å². The smallest absolute Gasteiger partial charge is 0.0719 e. The Kier molecular flexibility index (Phi) is 3.44. The molecule has 5 aromatic rings. The van der Waals surface area contributed by atoms with Gasteiger partial charge >= 0.3 is 0 Å². The number of hydrogen-bond acceptors (Lipinski definition) is 2. The lowest BCUT2D eigenvalue weighted by molar-refractivity contribution is 0.443. The Balaban J connectivity index is 1.50. The van der Waals surface area contributed by atoms with Crippen LogP contribution in [0.2, 0.25) is 0 Å². The van der Waals surface area contributed by atoms with Gasteiger partial charge in [-0.2, -0.15) is 0 Å². The van der Waals surface area contributed by atoms with Gasteiger partial charge in [0.25, 0.3) is 0 Å². The molecule has 6 rings (SSSR count).